The maximum atomic E-state index is 13.2. The number of nitrogens with one attached hydrogen (secondary N) is 1. The van der Waals surface area contributed by atoms with Crippen LogP contribution in [-0.4, -0.2) is 48.9 Å². The maximum Gasteiger partial charge on any atom is 0.328 e. The molecule has 5 rings (SSSR count). The van der Waals surface area contributed by atoms with Gasteiger partial charge in [-0.25, -0.2) is 4.79 Å². The van der Waals surface area contributed by atoms with Gasteiger partial charge < -0.3 is 19.7 Å². The molecule has 0 aliphatic heterocycles. The summed E-state index contributed by atoms with van der Waals surface area (Å²) in [6, 6.07) is 36.8. The summed E-state index contributed by atoms with van der Waals surface area (Å²) >= 11 is 1.58. The molecule has 1 heterocycles. The molecule has 1 aromatic heterocycles. The molecule has 0 aliphatic carbocycles. The van der Waals surface area contributed by atoms with E-state index in [0.717, 1.165) is 16.0 Å². The molecular weight excluding hydrogens is 596 g/mol. The number of anilines is 1. The van der Waals surface area contributed by atoms with E-state index in [1.165, 1.54) is 7.11 Å². The number of carbonyl (C=O) groups is 3. The molecular formula is C38H36N2O5S. The van der Waals surface area contributed by atoms with E-state index in [4.69, 9.17) is 9.47 Å². The Kier molecular flexibility index (Phi) is 11.3. The topological polar surface area (TPSA) is 84.9 Å². The summed E-state index contributed by atoms with van der Waals surface area (Å²) in [5.41, 5.74) is 3.55. The molecule has 1 unspecified atom stereocenters. The molecule has 0 aliphatic rings. The van der Waals surface area contributed by atoms with Crippen LogP contribution in [0.5, 0.6) is 5.75 Å². The minimum absolute atomic E-state index is 0.0543. The van der Waals surface area contributed by atoms with Gasteiger partial charge in [0, 0.05) is 34.7 Å². The average Bonchev–Trinajstić information content (AvgIpc) is 3.61. The number of ketones is 1. The molecule has 0 saturated heterocycles. The number of rotatable bonds is 15. The van der Waals surface area contributed by atoms with Gasteiger partial charge in [-0.15, -0.1) is 11.3 Å². The molecule has 5 aromatic rings. The minimum atomic E-state index is -0.720. The number of ether oxygens (including phenoxy) is 2. The molecule has 1 amide bonds. The monoisotopic (exact) mass is 632 g/mol. The van der Waals surface area contributed by atoms with Gasteiger partial charge in [-0.1, -0.05) is 91.0 Å². The number of para-hydroxylation sites is 1. The highest BCUT2D eigenvalue weighted by Crippen LogP contribution is 2.22. The molecule has 1 atom stereocenters. The Bertz CT molecular complexity index is 1710. The first-order valence-corrected chi connectivity index (χ1v) is 16.0. The number of hydrogen-bond donors (Lipinski definition) is 1. The number of nitrogens with zero attached hydrogens (tertiary/aromatic N) is 1. The molecule has 234 valence electrons. The first-order chi connectivity index (χ1) is 22.5. The maximum absolute atomic E-state index is 13.2. The zero-order valence-electron chi connectivity index (χ0n) is 25.6. The fraction of sp³-hybridized carbons (Fsp3) is 0.184. The van der Waals surface area contributed by atoms with E-state index < -0.39 is 12.0 Å². The third-order valence-corrected chi connectivity index (χ3v) is 8.37. The molecule has 1 N–H and O–H groups in total. The highest BCUT2D eigenvalue weighted by Gasteiger charge is 2.23. The van der Waals surface area contributed by atoms with Gasteiger partial charge in [-0.05, 0) is 46.8 Å². The van der Waals surface area contributed by atoms with Crippen LogP contribution in [0.4, 0.5) is 5.69 Å². The van der Waals surface area contributed by atoms with Crippen molar-refractivity contribution >= 4 is 34.7 Å². The van der Waals surface area contributed by atoms with Crippen molar-refractivity contribution in [2.24, 2.45) is 0 Å². The third-order valence-electron chi connectivity index (χ3n) is 7.49. The van der Waals surface area contributed by atoms with Gasteiger partial charge >= 0.3 is 5.97 Å². The van der Waals surface area contributed by atoms with E-state index in [2.05, 4.69) is 5.32 Å². The fourth-order valence-corrected chi connectivity index (χ4v) is 5.77. The lowest BCUT2D eigenvalue weighted by atomic mass is 10.00. The van der Waals surface area contributed by atoms with E-state index >= 15 is 0 Å². The summed E-state index contributed by atoms with van der Waals surface area (Å²) in [6.45, 7) is 1.28. The Morgan fingerprint density at radius 1 is 0.783 bits per heavy atom. The second-order valence-corrected chi connectivity index (χ2v) is 11.7. The summed E-state index contributed by atoms with van der Waals surface area (Å²) in [7, 11) is 1.35. The van der Waals surface area contributed by atoms with E-state index in [1.807, 2.05) is 101 Å². The summed E-state index contributed by atoms with van der Waals surface area (Å²) < 4.78 is 11.1. The Morgan fingerprint density at radius 2 is 1.48 bits per heavy atom. The van der Waals surface area contributed by atoms with Crippen LogP contribution < -0.4 is 10.1 Å². The molecule has 8 heteroatoms. The lowest BCUT2D eigenvalue weighted by Gasteiger charge is -2.23. The van der Waals surface area contributed by atoms with Gasteiger partial charge in [0.25, 0.3) is 0 Å². The van der Waals surface area contributed by atoms with Gasteiger partial charge in [-0.3, -0.25) is 9.59 Å². The van der Waals surface area contributed by atoms with Crippen LogP contribution in [0.1, 0.15) is 31.9 Å². The van der Waals surface area contributed by atoms with Crippen molar-refractivity contribution in [1.82, 2.24) is 4.90 Å². The van der Waals surface area contributed by atoms with Crippen LogP contribution in [0, 0.1) is 0 Å². The first kappa shape index (κ1) is 32.2. The van der Waals surface area contributed by atoms with Crippen LogP contribution in [0.25, 0.3) is 0 Å². The summed E-state index contributed by atoms with van der Waals surface area (Å²) in [4.78, 5) is 42.0. The van der Waals surface area contributed by atoms with Gasteiger partial charge in [0.05, 0.1) is 20.1 Å². The number of methoxy groups -OCH3 is 1. The number of carbonyl (C=O) groups excluding carboxylic acids is 3. The van der Waals surface area contributed by atoms with Crippen LogP contribution in [-0.2, 0) is 33.7 Å². The van der Waals surface area contributed by atoms with Crippen molar-refractivity contribution < 1.29 is 23.9 Å². The first-order valence-electron chi connectivity index (χ1n) is 15.1. The Labute approximate surface area is 273 Å². The zero-order valence-corrected chi connectivity index (χ0v) is 26.5. The lowest BCUT2D eigenvalue weighted by molar-refractivity contribution is -0.141. The van der Waals surface area contributed by atoms with Gasteiger partial charge in [0.15, 0.2) is 5.78 Å². The minimum Gasteiger partial charge on any atom is -0.492 e. The SMILES string of the molecule is COC(=O)C(Cc1ccc(OCCN(Cc2ccccc2)C(=O)Cc2cccs2)cc1)Nc1ccccc1C(=O)c1ccccc1. The summed E-state index contributed by atoms with van der Waals surface area (Å²) in [5, 5.41) is 5.22. The van der Waals surface area contributed by atoms with Crippen LogP contribution in [0.15, 0.2) is 127 Å². The quantitative estimate of drug-likeness (QED) is 0.101. The normalized spacial score (nSPS) is 11.3. The van der Waals surface area contributed by atoms with Crippen molar-refractivity contribution in [3.05, 3.63) is 154 Å². The molecule has 0 saturated carbocycles. The number of amides is 1. The number of benzene rings is 4. The molecule has 0 spiro atoms. The van der Waals surface area contributed by atoms with E-state index in [-0.39, 0.29) is 11.7 Å². The van der Waals surface area contributed by atoms with E-state index in [1.54, 1.807) is 41.7 Å². The molecule has 46 heavy (non-hydrogen) atoms. The Balaban J connectivity index is 1.21. The summed E-state index contributed by atoms with van der Waals surface area (Å²) in [5.74, 6) is 0.145. The average molecular weight is 633 g/mol. The van der Waals surface area contributed by atoms with Crippen molar-refractivity contribution in [2.75, 3.05) is 25.6 Å². The largest absolute Gasteiger partial charge is 0.492 e. The van der Waals surface area contributed by atoms with Crippen LogP contribution in [0.3, 0.4) is 0 Å². The van der Waals surface area contributed by atoms with Crippen LogP contribution in [0.2, 0.25) is 0 Å². The molecule has 0 bridgehead atoms. The van der Waals surface area contributed by atoms with Crippen molar-refractivity contribution in [2.45, 2.75) is 25.4 Å². The second-order valence-electron chi connectivity index (χ2n) is 10.7. The van der Waals surface area contributed by atoms with Crippen LogP contribution >= 0.6 is 11.3 Å². The van der Waals surface area contributed by atoms with Gasteiger partial charge in [0.2, 0.25) is 5.91 Å². The van der Waals surface area contributed by atoms with E-state index in [0.29, 0.717) is 55.1 Å². The zero-order chi connectivity index (χ0) is 32.1. The smallest absolute Gasteiger partial charge is 0.328 e. The number of thiophene rings is 1. The third kappa shape index (κ3) is 8.92. The molecule has 0 fully saturated rings. The lowest BCUT2D eigenvalue weighted by Crippen LogP contribution is -2.35. The highest BCUT2D eigenvalue weighted by molar-refractivity contribution is 7.10. The standard InChI is InChI=1S/C38H36N2O5S/c1-44-38(43)35(39-34-17-9-8-16-33(34)37(42)30-13-6-3-7-14-30)25-28-18-20-31(21-19-28)45-23-22-40(27-29-11-4-2-5-12-29)36(41)26-32-15-10-24-46-32/h2-21,24,35,39H,22-23,25-27H2,1H3. The van der Waals surface area contributed by atoms with Gasteiger partial charge in [-0.2, -0.15) is 0 Å². The number of esters is 1. The van der Waals surface area contributed by atoms with E-state index in [9.17, 15) is 14.4 Å². The van der Waals surface area contributed by atoms with Gasteiger partial charge in [0.1, 0.15) is 18.4 Å². The second kappa shape index (κ2) is 16.2. The van der Waals surface area contributed by atoms with Crippen molar-refractivity contribution in [1.29, 1.82) is 0 Å². The fourth-order valence-electron chi connectivity index (χ4n) is 5.08. The Morgan fingerprint density at radius 3 is 2.17 bits per heavy atom. The predicted octanol–water partition coefficient (Wildman–Crippen LogP) is 6.83. The predicted molar refractivity (Wildman–Crippen MR) is 181 cm³/mol. The Hall–Kier alpha value is -5.21. The highest BCUT2D eigenvalue weighted by atomic mass is 32.1. The molecule has 7 nitrogen and oxygen atoms in total. The summed E-state index contributed by atoms with van der Waals surface area (Å²) in [6.07, 6.45) is 0.697. The number of hydrogen-bond acceptors (Lipinski definition) is 7. The van der Waals surface area contributed by atoms with Crippen molar-refractivity contribution in [3.63, 3.8) is 0 Å². The molecule has 0 radical (unpaired) electrons. The molecule has 4 aromatic carbocycles. The van der Waals surface area contributed by atoms with Crippen molar-refractivity contribution in [3.8, 4) is 5.75 Å².